The molecule has 2 fully saturated rings. The number of carbonyl (C=O) groups excluding carboxylic acids is 4. The van der Waals surface area contributed by atoms with Crippen molar-refractivity contribution >= 4 is 39.2 Å². The number of amides is 3. The molecule has 2 atom stereocenters. The number of carbonyl (C=O) groups is 4. The zero-order valence-corrected chi connectivity index (χ0v) is 28.3. The van der Waals surface area contributed by atoms with Gasteiger partial charge in [0.2, 0.25) is 0 Å². The van der Waals surface area contributed by atoms with Crippen molar-refractivity contribution in [2.75, 3.05) is 33.5 Å². The number of nitrogens with zero attached hydrogens (tertiary/aromatic N) is 5. The van der Waals surface area contributed by atoms with Crippen LogP contribution in [0.2, 0.25) is 0 Å². The molecule has 0 bridgehead atoms. The predicted octanol–water partition coefficient (Wildman–Crippen LogP) is 4.01. The van der Waals surface area contributed by atoms with Crippen LogP contribution in [0.3, 0.4) is 0 Å². The van der Waals surface area contributed by atoms with E-state index in [2.05, 4.69) is 0 Å². The zero-order chi connectivity index (χ0) is 35.2. The summed E-state index contributed by atoms with van der Waals surface area (Å²) in [6.45, 7) is 5.96. The van der Waals surface area contributed by atoms with Gasteiger partial charge in [0.05, 0.1) is 30.8 Å². The third-order valence-corrected chi connectivity index (χ3v) is 10.0. The molecule has 2 heterocycles. The highest BCUT2D eigenvalue weighted by molar-refractivity contribution is 7.93. The molecule has 0 saturated carbocycles. The van der Waals surface area contributed by atoms with Gasteiger partial charge in [0.15, 0.2) is 21.4 Å². The number of ether oxygens (including phenoxy) is 1. The highest BCUT2D eigenvalue weighted by atomic mass is 32.2. The first-order valence-electron chi connectivity index (χ1n) is 15.5. The summed E-state index contributed by atoms with van der Waals surface area (Å²) in [5.41, 5.74) is -0.525. The molecule has 3 amide bonds. The average molecular weight is 684 g/mol. The van der Waals surface area contributed by atoms with Crippen LogP contribution in [0, 0.1) is 10.1 Å². The Balaban J connectivity index is 1.55. The topological polar surface area (TPSA) is 168 Å². The van der Waals surface area contributed by atoms with E-state index in [1.807, 2.05) is 35.2 Å². The number of nitro groups is 1. The van der Waals surface area contributed by atoms with Gasteiger partial charge in [-0.2, -0.15) is 0 Å². The molecule has 2 saturated heterocycles. The number of Topliss-reactive ketones (excluding diaryl/α,β-unsaturated/α-hetero) is 1. The number of nitro benzene ring substituents is 1. The van der Waals surface area contributed by atoms with Crippen LogP contribution in [-0.4, -0.2) is 107 Å². The summed E-state index contributed by atoms with van der Waals surface area (Å²) in [5.74, 6) is -1.35. The van der Waals surface area contributed by atoms with E-state index in [1.54, 1.807) is 27.8 Å². The van der Waals surface area contributed by atoms with E-state index < -0.39 is 66.3 Å². The maximum atomic E-state index is 14.0. The van der Waals surface area contributed by atoms with Crippen molar-refractivity contribution < 1.29 is 37.3 Å². The van der Waals surface area contributed by atoms with Crippen molar-refractivity contribution in [1.82, 2.24) is 19.6 Å². The molecule has 1 unspecified atom stereocenters. The van der Waals surface area contributed by atoms with E-state index in [4.69, 9.17) is 4.74 Å². The number of hydrogen-bond donors (Lipinski definition) is 0. The second-order valence-electron chi connectivity index (χ2n) is 12.9. The monoisotopic (exact) mass is 683 g/mol. The minimum absolute atomic E-state index is 0.164. The summed E-state index contributed by atoms with van der Waals surface area (Å²) < 4.78 is 33.4. The van der Waals surface area contributed by atoms with Crippen LogP contribution in [-0.2, 0) is 30.7 Å². The Hall–Kier alpha value is -4.63. The van der Waals surface area contributed by atoms with Crippen LogP contribution in [0.15, 0.2) is 71.6 Å². The van der Waals surface area contributed by atoms with Crippen molar-refractivity contribution in [3.63, 3.8) is 0 Å². The average Bonchev–Trinajstić information content (AvgIpc) is 3.52. The molecule has 0 N–H and O–H groups in total. The largest absolute Gasteiger partial charge is 0.444 e. The second-order valence-corrected chi connectivity index (χ2v) is 15.0. The first kappa shape index (κ1) is 36.2. The number of ketones is 2. The van der Waals surface area contributed by atoms with Gasteiger partial charge in [-0.05, 0) is 57.7 Å². The van der Waals surface area contributed by atoms with Crippen molar-refractivity contribution in [1.29, 1.82) is 0 Å². The third-order valence-electron chi connectivity index (χ3n) is 7.90. The van der Waals surface area contributed by atoms with E-state index in [1.165, 1.54) is 32.9 Å². The summed E-state index contributed by atoms with van der Waals surface area (Å²) in [5, 5.41) is 9.90. The summed E-state index contributed by atoms with van der Waals surface area (Å²) in [4.78, 5) is 69.1. The summed E-state index contributed by atoms with van der Waals surface area (Å²) in [7, 11) is -3.06. The van der Waals surface area contributed by atoms with E-state index in [0.29, 0.717) is 19.6 Å². The molecule has 0 radical (unpaired) electrons. The molecule has 14 nitrogen and oxygen atoms in total. The van der Waals surface area contributed by atoms with Crippen LogP contribution in [0.25, 0.3) is 0 Å². The number of sulfone groups is 1. The van der Waals surface area contributed by atoms with Crippen molar-refractivity contribution in [2.24, 2.45) is 0 Å². The molecule has 0 aromatic heterocycles. The minimum atomic E-state index is -4.69. The lowest BCUT2D eigenvalue weighted by atomic mass is 10.0. The summed E-state index contributed by atoms with van der Waals surface area (Å²) in [6.07, 6.45) is 1.66. The first-order valence-corrected chi connectivity index (χ1v) is 17.1. The number of hydrogen-bond acceptors (Lipinski definition) is 10. The lowest BCUT2D eigenvalue weighted by Gasteiger charge is -2.40. The molecule has 2 aromatic carbocycles. The quantitative estimate of drug-likeness (QED) is 0.181. The summed E-state index contributed by atoms with van der Waals surface area (Å²) in [6, 6.07) is 12.9. The van der Waals surface area contributed by atoms with Gasteiger partial charge in [-0.1, -0.05) is 48.5 Å². The Morgan fingerprint density at radius 3 is 2.40 bits per heavy atom. The molecule has 48 heavy (non-hydrogen) atoms. The fourth-order valence-corrected chi connectivity index (χ4v) is 7.62. The van der Waals surface area contributed by atoms with E-state index in [0.717, 1.165) is 23.8 Å². The van der Waals surface area contributed by atoms with Gasteiger partial charge in [-0.3, -0.25) is 29.5 Å². The Bertz CT molecular complexity index is 1670. The minimum Gasteiger partial charge on any atom is -0.444 e. The third kappa shape index (κ3) is 8.83. The number of benzene rings is 2. The zero-order valence-electron chi connectivity index (χ0n) is 27.5. The van der Waals surface area contributed by atoms with Crippen LogP contribution in [0.5, 0.6) is 0 Å². The highest BCUT2D eigenvalue weighted by Gasteiger charge is 2.45. The van der Waals surface area contributed by atoms with Gasteiger partial charge in [0.1, 0.15) is 15.7 Å². The van der Waals surface area contributed by atoms with Crippen LogP contribution in [0.4, 0.5) is 15.3 Å². The predicted molar refractivity (Wildman–Crippen MR) is 175 cm³/mol. The number of rotatable bonds is 12. The van der Waals surface area contributed by atoms with Gasteiger partial charge in [0.25, 0.3) is 5.69 Å². The Morgan fingerprint density at radius 1 is 1.06 bits per heavy atom. The van der Waals surface area contributed by atoms with Crippen LogP contribution in [0.1, 0.15) is 45.6 Å². The van der Waals surface area contributed by atoms with Crippen LogP contribution < -0.4 is 0 Å². The van der Waals surface area contributed by atoms with Crippen molar-refractivity contribution in [2.45, 2.75) is 68.4 Å². The highest BCUT2D eigenvalue weighted by Crippen LogP contribution is 2.32. The number of para-hydroxylation sites is 1. The Morgan fingerprint density at radius 2 is 1.73 bits per heavy atom. The fraction of sp³-hybridized carbons (Fsp3) is 0.455. The SMILES string of the molecule is CN1CN(Cc2ccccc2)CN(CC(=O)/C=C/CC(C(=O)[C@@H]2CCCN2C(=O)OC(C)(C)C)S(=O)(=O)c2ccccc2[N+](=O)[O-])C1=O. The van der Waals surface area contributed by atoms with Gasteiger partial charge in [-0.15, -0.1) is 0 Å². The van der Waals surface area contributed by atoms with E-state index >= 15 is 0 Å². The van der Waals surface area contributed by atoms with Gasteiger partial charge >= 0.3 is 12.1 Å². The second kappa shape index (κ2) is 15.1. The molecule has 0 aliphatic carbocycles. The molecule has 4 rings (SSSR count). The molecule has 0 spiro atoms. The number of urea groups is 1. The lowest BCUT2D eigenvalue weighted by molar-refractivity contribution is -0.387. The summed E-state index contributed by atoms with van der Waals surface area (Å²) >= 11 is 0. The van der Waals surface area contributed by atoms with Gasteiger partial charge < -0.3 is 14.5 Å². The van der Waals surface area contributed by atoms with Gasteiger partial charge in [-0.25, -0.2) is 18.0 Å². The molecule has 2 aliphatic rings. The number of allylic oxidation sites excluding steroid dienone is 1. The van der Waals surface area contributed by atoms with E-state index in [9.17, 15) is 37.7 Å². The maximum absolute atomic E-state index is 14.0. The van der Waals surface area contributed by atoms with Crippen molar-refractivity contribution in [3.8, 4) is 0 Å². The fourth-order valence-electron chi connectivity index (χ4n) is 5.79. The molecule has 2 aliphatic heterocycles. The smallest absolute Gasteiger partial charge is 0.410 e. The Kier molecular flexibility index (Phi) is 11.4. The Labute approximate surface area is 280 Å². The van der Waals surface area contributed by atoms with Crippen LogP contribution >= 0.6 is 0 Å². The van der Waals surface area contributed by atoms with Gasteiger partial charge in [0, 0.05) is 26.2 Å². The van der Waals surface area contributed by atoms with E-state index in [-0.39, 0.29) is 32.2 Å². The first-order chi connectivity index (χ1) is 22.6. The normalized spacial score (nSPS) is 18.3. The standard InChI is InChI=1S/C33H41N5O9S/c1-33(2,3)47-32(42)37-19-11-16-27(37)30(40)29(48(45,46)28-17-9-8-15-26(28)38(43)44)18-10-14-25(39)21-36-23-35(22-34(4)31(36)41)20-24-12-6-5-7-13-24/h5-10,12-15,17,27,29H,11,16,18-23H2,1-4H3/b14-10+/t27-,29?/m0/s1. The molecule has 2 aromatic rings. The molecule has 15 heteroatoms. The van der Waals surface area contributed by atoms with Crippen molar-refractivity contribution in [3.05, 3.63) is 82.4 Å². The number of likely N-dealkylation sites (tertiary alicyclic amines) is 1. The molecular formula is C33H41N5O9S. The molecule has 258 valence electrons. The molecular weight excluding hydrogens is 642 g/mol. The lowest BCUT2D eigenvalue weighted by Crippen LogP contribution is -2.57. The maximum Gasteiger partial charge on any atom is 0.410 e.